The zero-order valence-electron chi connectivity index (χ0n) is 16.1. The SMILES string of the molecule is CCOC(=O)C1CCCCN1C(=O)CN(Cc1cccs1)CC1CCCO1. The first-order valence-corrected chi connectivity index (χ1v) is 10.9. The van der Waals surface area contributed by atoms with Crippen molar-refractivity contribution in [3.05, 3.63) is 22.4 Å². The van der Waals surface area contributed by atoms with E-state index >= 15 is 0 Å². The van der Waals surface area contributed by atoms with Crippen LogP contribution < -0.4 is 0 Å². The molecule has 2 unspecified atom stereocenters. The van der Waals surface area contributed by atoms with Crippen molar-refractivity contribution in [2.24, 2.45) is 0 Å². The van der Waals surface area contributed by atoms with Crippen LogP contribution in [0.5, 0.6) is 0 Å². The zero-order chi connectivity index (χ0) is 19.1. The number of likely N-dealkylation sites (tertiary alicyclic amines) is 1. The summed E-state index contributed by atoms with van der Waals surface area (Å²) in [5.74, 6) is -0.253. The molecule has 6 nitrogen and oxygen atoms in total. The number of ether oxygens (including phenoxy) is 2. The summed E-state index contributed by atoms with van der Waals surface area (Å²) in [4.78, 5) is 30.5. The minimum absolute atomic E-state index is 0.0160. The van der Waals surface area contributed by atoms with Crippen molar-refractivity contribution in [2.45, 2.75) is 57.7 Å². The van der Waals surface area contributed by atoms with Crippen LogP contribution in [0.25, 0.3) is 0 Å². The van der Waals surface area contributed by atoms with Crippen LogP contribution in [-0.2, 0) is 25.6 Å². The number of esters is 1. The van der Waals surface area contributed by atoms with Gasteiger partial charge in [-0.25, -0.2) is 4.79 Å². The van der Waals surface area contributed by atoms with Gasteiger partial charge >= 0.3 is 5.97 Å². The molecule has 1 aromatic rings. The van der Waals surface area contributed by atoms with Gasteiger partial charge in [-0.05, 0) is 50.5 Å². The van der Waals surface area contributed by atoms with Gasteiger partial charge in [0.25, 0.3) is 0 Å². The lowest BCUT2D eigenvalue weighted by molar-refractivity contribution is -0.157. The highest BCUT2D eigenvalue weighted by atomic mass is 32.1. The molecule has 2 saturated heterocycles. The normalized spacial score (nSPS) is 23.0. The van der Waals surface area contributed by atoms with E-state index in [0.717, 1.165) is 45.4 Å². The van der Waals surface area contributed by atoms with Crippen molar-refractivity contribution >= 4 is 23.2 Å². The number of amides is 1. The number of piperidine rings is 1. The molecule has 2 atom stereocenters. The maximum atomic E-state index is 13.1. The Morgan fingerprint density at radius 3 is 2.93 bits per heavy atom. The molecule has 0 bridgehead atoms. The molecule has 7 heteroatoms. The van der Waals surface area contributed by atoms with Crippen molar-refractivity contribution in [3.8, 4) is 0 Å². The maximum absolute atomic E-state index is 13.1. The minimum Gasteiger partial charge on any atom is -0.464 e. The van der Waals surface area contributed by atoms with Crippen LogP contribution in [0.3, 0.4) is 0 Å². The Labute approximate surface area is 165 Å². The monoisotopic (exact) mass is 394 g/mol. The number of thiophene rings is 1. The number of rotatable bonds is 8. The van der Waals surface area contributed by atoms with Crippen LogP contribution in [0.2, 0.25) is 0 Å². The first-order chi connectivity index (χ1) is 13.2. The quantitative estimate of drug-likeness (QED) is 0.635. The van der Waals surface area contributed by atoms with Crippen LogP contribution >= 0.6 is 11.3 Å². The number of hydrogen-bond donors (Lipinski definition) is 0. The van der Waals surface area contributed by atoms with Crippen LogP contribution in [0.1, 0.15) is 43.9 Å². The fourth-order valence-electron chi connectivity index (χ4n) is 3.88. The summed E-state index contributed by atoms with van der Waals surface area (Å²) in [6.45, 7) is 5.39. The lowest BCUT2D eigenvalue weighted by Gasteiger charge is -2.35. The molecule has 27 heavy (non-hydrogen) atoms. The molecule has 1 amide bonds. The smallest absolute Gasteiger partial charge is 0.328 e. The van der Waals surface area contributed by atoms with Crippen LogP contribution in [-0.4, -0.2) is 66.7 Å². The zero-order valence-corrected chi connectivity index (χ0v) is 16.9. The third kappa shape index (κ3) is 5.77. The molecule has 0 spiro atoms. The van der Waals surface area contributed by atoms with Gasteiger partial charge in [0.15, 0.2) is 0 Å². The van der Waals surface area contributed by atoms with Crippen molar-refractivity contribution in [3.63, 3.8) is 0 Å². The van der Waals surface area contributed by atoms with Gasteiger partial charge in [0, 0.05) is 31.1 Å². The summed E-state index contributed by atoms with van der Waals surface area (Å²) in [5, 5.41) is 2.06. The van der Waals surface area contributed by atoms with Crippen molar-refractivity contribution in [1.29, 1.82) is 0 Å². The second-order valence-electron chi connectivity index (χ2n) is 7.23. The molecule has 0 aliphatic carbocycles. The van der Waals surface area contributed by atoms with Crippen molar-refractivity contribution in [1.82, 2.24) is 9.80 Å². The predicted octanol–water partition coefficient (Wildman–Crippen LogP) is 2.67. The summed E-state index contributed by atoms with van der Waals surface area (Å²) < 4.78 is 11.0. The van der Waals surface area contributed by atoms with E-state index in [2.05, 4.69) is 16.3 Å². The number of hydrogen-bond acceptors (Lipinski definition) is 6. The van der Waals surface area contributed by atoms with E-state index in [4.69, 9.17) is 9.47 Å². The molecular formula is C20H30N2O4S. The highest BCUT2D eigenvalue weighted by Crippen LogP contribution is 2.21. The molecule has 2 fully saturated rings. The molecule has 3 rings (SSSR count). The number of carbonyl (C=O) groups excluding carboxylic acids is 2. The summed E-state index contributed by atoms with van der Waals surface area (Å²) in [6.07, 6.45) is 4.93. The van der Waals surface area contributed by atoms with Crippen molar-refractivity contribution < 1.29 is 19.1 Å². The van der Waals surface area contributed by atoms with E-state index in [9.17, 15) is 9.59 Å². The summed E-state index contributed by atoms with van der Waals surface area (Å²) in [7, 11) is 0. The maximum Gasteiger partial charge on any atom is 0.328 e. The van der Waals surface area contributed by atoms with Gasteiger partial charge in [-0.3, -0.25) is 9.69 Å². The Hall–Kier alpha value is -1.44. The second kappa shape index (κ2) is 10.2. The highest BCUT2D eigenvalue weighted by Gasteiger charge is 2.34. The average Bonchev–Trinajstić information content (AvgIpc) is 3.36. The molecule has 1 aromatic heterocycles. The fraction of sp³-hybridized carbons (Fsp3) is 0.700. The first-order valence-electron chi connectivity index (χ1n) is 9.99. The molecule has 0 radical (unpaired) electrons. The molecular weight excluding hydrogens is 364 g/mol. The predicted molar refractivity (Wildman–Crippen MR) is 105 cm³/mol. The molecule has 150 valence electrons. The molecule has 3 heterocycles. The van der Waals surface area contributed by atoms with E-state index in [0.29, 0.717) is 26.1 Å². The van der Waals surface area contributed by atoms with Gasteiger partial charge in [-0.2, -0.15) is 0 Å². The summed E-state index contributed by atoms with van der Waals surface area (Å²) in [6, 6.07) is 3.70. The minimum atomic E-state index is -0.433. The van der Waals surface area contributed by atoms with Crippen LogP contribution in [0.15, 0.2) is 17.5 Å². The third-order valence-electron chi connectivity index (χ3n) is 5.19. The van der Waals surface area contributed by atoms with Gasteiger partial charge in [-0.15, -0.1) is 11.3 Å². The van der Waals surface area contributed by atoms with Gasteiger partial charge < -0.3 is 14.4 Å². The number of nitrogens with zero attached hydrogens (tertiary/aromatic N) is 2. The Kier molecular flexibility index (Phi) is 7.67. The molecule has 0 aromatic carbocycles. The van der Waals surface area contributed by atoms with E-state index in [1.54, 1.807) is 23.2 Å². The Balaban J connectivity index is 1.64. The fourth-order valence-corrected chi connectivity index (χ4v) is 4.63. The molecule has 0 saturated carbocycles. The second-order valence-corrected chi connectivity index (χ2v) is 8.27. The molecule has 0 N–H and O–H groups in total. The largest absolute Gasteiger partial charge is 0.464 e. The van der Waals surface area contributed by atoms with E-state index in [1.807, 2.05) is 6.07 Å². The van der Waals surface area contributed by atoms with Crippen molar-refractivity contribution in [2.75, 3.05) is 32.8 Å². The van der Waals surface area contributed by atoms with Crippen LogP contribution in [0.4, 0.5) is 0 Å². The summed E-state index contributed by atoms with van der Waals surface area (Å²) >= 11 is 1.70. The average molecular weight is 395 g/mol. The molecule has 2 aliphatic rings. The van der Waals surface area contributed by atoms with Gasteiger partial charge in [0.1, 0.15) is 6.04 Å². The van der Waals surface area contributed by atoms with E-state index in [-0.39, 0.29) is 18.0 Å². The van der Waals surface area contributed by atoms with Gasteiger partial charge in [0.05, 0.1) is 19.3 Å². The van der Waals surface area contributed by atoms with Gasteiger partial charge in [0.2, 0.25) is 5.91 Å². The lowest BCUT2D eigenvalue weighted by atomic mass is 10.0. The lowest BCUT2D eigenvalue weighted by Crippen LogP contribution is -2.52. The van der Waals surface area contributed by atoms with E-state index in [1.165, 1.54) is 4.88 Å². The Bertz CT molecular complexity index is 601. The summed E-state index contributed by atoms with van der Waals surface area (Å²) in [5.41, 5.74) is 0. The topological polar surface area (TPSA) is 59.1 Å². The van der Waals surface area contributed by atoms with E-state index < -0.39 is 6.04 Å². The third-order valence-corrected chi connectivity index (χ3v) is 6.05. The highest BCUT2D eigenvalue weighted by molar-refractivity contribution is 7.09. The Morgan fingerprint density at radius 1 is 1.33 bits per heavy atom. The Morgan fingerprint density at radius 2 is 2.22 bits per heavy atom. The van der Waals surface area contributed by atoms with Gasteiger partial charge in [-0.1, -0.05) is 6.07 Å². The number of carbonyl (C=O) groups is 2. The van der Waals surface area contributed by atoms with Crippen LogP contribution in [0, 0.1) is 0 Å². The first kappa shape index (κ1) is 20.3. The molecule has 2 aliphatic heterocycles. The standard InChI is InChI=1S/C20H30N2O4S/c1-2-25-20(24)18-9-3-4-10-22(18)19(23)15-21(13-16-7-5-11-26-16)14-17-8-6-12-27-17/h6,8,12,16,18H,2-5,7,9-11,13-15H2,1H3.